The number of hydrogen-bond acceptors (Lipinski definition) is 3. The molecule has 1 rings (SSSR count). The summed E-state index contributed by atoms with van der Waals surface area (Å²) in [7, 11) is 0. The van der Waals surface area contributed by atoms with Gasteiger partial charge < -0.3 is 14.9 Å². The van der Waals surface area contributed by atoms with Crippen molar-refractivity contribution in [3.63, 3.8) is 0 Å². The Morgan fingerprint density at radius 2 is 2.21 bits per heavy atom. The molecule has 2 N–H and O–H groups in total. The molecule has 0 saturated heterocycles. The maximum absolute atomic E-state index is 9.14. The maximum atomic E-state index is 9.14. The third kappa shape index (κ3) is 3.95. The molecule has 0 aromatic carbocycles. The third-order valence-corrected chi connectivity index (χ3v) is 3.05. The summed E-state index contributed by atoms with van der Waals surface area (Å²) in [6.45, 7) is 2.29. The zero-order chi connectivity index (χ0) is 10.4. The number of rotatable bonds is 5. The Balaban J connectivity index is 2.17. The molecular formula is C11H22O3. The van der Waals surface area contributed by atoms with Crippen LogP contribution in [-0.2, 0) is 4.74 Å². The van der Waals surface area contributed by atoms with Crippen molar-refractivity contribution in [2.45, 2.75) is 51.2 Å². The number of hydrogen-bond donors (Lipinski definition) is 2. The van der Waals surface area contributed by atoms with Crippen LogP contribution in [0.4, 0.5) is 0 Å². The molecule has 0 amide bonds. The van der Waals surface area contributed by atoms with E-state index in [0.29, 0.717) is 6.10 Å². The van der Waals surface area contributed by atoms with Gasteiger partial charge in [0.2, 0.25) is 0 Å². The summed E-state index contributed by atoms with van der Waals surface area (Å²) in [6, 6.07) is 0. The Morgan fingerprint density at radius 1 is 1.43 bits per heavy atom. The maximum Gasteiger partial charge on any atom is 0.100 e. The second-order valence-corrected chi connectivity index (χ2v) is 4.23. The molecule has 3 unspecified atom stereocenters. The normalized spacial score (nSPS) is 30.2. The lowest BCUT2D eigenvalue weighted by atomic mass is 9.85. The van der Waals surface area contributed by atoms with E-state index >= 15 is 0 Å². The molecule has 0 heterocycles. The monoisotopic (exact) mass is 202 g/mol. The zero-order valence-corrected chi connectivity index (χ0v) is 8.98. The van der Waals surface area contributed by atoms with Gasteiger partial charge in [-0.05, 0) is 18.8 Å². The fourth-order valence-corrected chi connectivity index (χ4v) is 2.06. The van der Waals surface area contributed by atoms with Gasteiger partial charge in [-0.3, -0.25) is 0 Å². The van der Waals surface area contributed by atoms with Crippen LogP contribution < -0.4 is 0 Å². The molecule has 3 nitrogen and oxygen atoms in total. The van der Waals surface area contributed by atoms with Crippen molar-refractivity contribution in [3.05, 3.63) is 0 Å². The predicted octanol–water partition coefficient (Wildman–Crippen LogP) is 1.32. The van der Waals surface area contributed by atoms with E-state index in [0.717, 1.165) is 18.8 Å². The summed E-state index contributed by atoms with van der Waals surface area (Å²) in [5, 5.41) is 17.8. The average molecular weight is 202 g/mol. The molecule has 1 saturated carbocycles. The first-order valence-corrected chi connectivity index (χ1v) is 5.66. The van der Waals surface area contributed by atoms with Gasteiger partial charge in [0.05, 0.1) is 19.3 Å². The second-order valence-electron chi connectivity index (χ2n) is 4.23. The minimum absolute atomic E-state index is 0.204. The molecule has 0 aromatic rings. The SMILES string of the molecule is CCC1CCCC(OCC(O)CO)C1. The van der Waals surface area contributed by atoms with E-state index < -0.39 is 6.10 Å². The number of aliphatic hydroxyl groups excluding tert-OH is 2. The van der Waals surface area contributed by atoms with Gasteiger partial charge in [0.1, 0.15) is 6.10 Å². The molecular weight excluding hydrogens is 180 g/mol. The van der Waals surface area contributed by atoms with Crippen LogP contribution in [0.5, 0.6) is 0 Å². The Labute approximate surface area is 86.1 Å². The van der Waals surface area contributed by atoms with Crippen molar-refractivity contribution >= 4 is 0 Å². The topological polar surface area (TPSA) is 49.7 Å². The summed E-state index contributed by atoms with van der Waals surface area (Å²) >= 11 is 0. The lowest BCUT2D eigenvalue weighted by molar-refractivity contribution is -0.0470. The second kappa shape index (κ2) is 6.38. The predicted molar refractivity (Wildman–Crippen MR) is 55.1 cm³/mol. The van der Waals surface area contributed by atoms with Crippen molar-refractivity contribution in [1.82, 2.24) is 0 Å². The molecule has 1 aliphatic carbocycles. The minimum Gasteiger partial charge on any atom is -0.394 e. The van der Waals surface area contributed by atoms with Gasteiger partial charge in [0.25, 0.3) is 0 Å². The van der Waals surface area contributed by atoms with Gasteiger partial charge in [-0.25, -0.2) is 0 Å². The number of aliphatic hydroxyl groups is 2. The van der Waals surface area contributed by atoms with Crippen molar-refractivity contribution in [3.8, 4) is 0 Å². The molecule has 0 bridgehead atoms. The quantitative estimate of drug-likeness (QED) is 0.707. The van der Waals surface area contributed by atoms with Crippen molar-refractivity contribution in [1.29, 1.82) is 0 Å². The standard InChI is InChI=1S/C11H22O3/c1-2-9-4-3-5-11(6-9)14-8-10(13)7-12/h9-13H,2-8H2,1H3. The Morgan fingerprint density at radius 3 is 2.86 bits per heavy atom. The fraction of sp³-hybridized carbons (Fsp3) is 1.00. The van der Waals surface area contributed by atoms with Gasteiger partial charge in [0, 0.05) is 0 Å². The van der Waals surface area contributed by atoms with Crippen LogP contribution in [0.3, 0.4) is 0 Å². The Kier molecular flexibility index (Phi) is 5.45. The van der Waals surface area contributed by atoms with Crippen molar-refractivity contribution in [2.24, 2.45) is 5.92 Å². The molecule has 0 spiro atoms. The summed E-state index contributed by atoms with van der Waals surface area (Å²) < 4.78 is 5.56. The van der Waals surface area contributed by atoms with Crippen LogP contribution in [0.15, 0.2) is 0 Å². The molecule has 3 atom stereocenters. The highest BCUT2D eigenvalue weighted by Crippen LogP contribution is 2.28. The molecule has 0 radical (unpaired) electrons. The highest BCUT2D eigenvalue weighted by atomic mass is 16.5. The lowest BCUT2D eigenvalue weighted by Crippen LogP contribution is -2.28. The van der Waals surface area contributed by atoms with Gasteiger partial charge in [-0.2, -0.15) is 0 Å². The average Bonchev–Trinajstić information content (AvgIpc) is 2.26. The first-order valence-electron chi connectivity index (χ1n) is 5.66. The number of ether oxygens (including phenoxy) is 1. The Hall–Kier alpha value is -0.120. The van der Waals surface area contributed by atoms with Gasteiger partial charge in [0.15, 0.2) is 0 Å². The zero-order valence-electron chi connectivity index (χ0n) is 8.98. The van der Waals surface area contributed by atoms with Gasteiger partial charge >= 0.3 is 0 Å². The first-order chi connectivity index (χ1) is 6.76. The third-order valence-electron chi connectivity index (χ3n) is 3.05. The smallest absolute Gasteiger partial charge is 0.100 e. The van der Waals surface area contributed by atoms with E-state index in [1.165, 1.54) is 19.3 Å². The van der Waals surface area contributed by atoms with Crippen LogP contribution in [0.1, 0.15) is 39.0 Å². The van der Waals surface area contributed by atoms with Crippen LogP contribution in [0.2, 0.25) is 0 Å². The molecule has 3 heteroatoms. The summed E-state index contributed by atoms with van der Waals surface area (Å²) in [4.78, 5) is 0. The molecule has 1 fully saturated rings. The molecule has 14 heavy (non-hydrogen) atoms. The van der Waals surface area contributed by atoms with Crippen LogP contribution in [0, 0.1) is 5.92 Å². The van der Waals surface area contributed by atoms with Crippen LogP contribution in [-0.4, -0.2) is 35.6 Å². The lowest BCUT2D eigenvalue weighted by Gasteiger charge is -2.28. The van der Waals surface area contributed by atoms with Crippen LogP contribution in [0.25, 0.3) is 0 Å². The van der Waals surface area contributed by atoms with E-state index in [1.54, 1.807) is 0 Å². The summed E-state index contributed by atoms with van der Waals surface area (Å²) in [6.07, 6.45) is 5.59. The van der Waals surface area contributed by atoms with E-state index in [9.17, 15) is 0 Å². The van der Waals surface area contributed by atoms with E-state index in [1.807, 2.05) is 0 Å². The summed E-state index contributed by atoms with van der Waals surface area (Å²) in [5.41, 5.74) is 0. The highest BCUT2D eigenvalue weighted by molar-refractivity contribution is 4.72. The van der Waals surface area contributed by atoms with Crippen LogP contribution >= 0.6 is 0 Å². The summed E-state index contributed by atoms with van der Waals surface area (Å²) in [5.74, 6) is 0.792. The van der Waals surface area contributed by atoms with Crippen molar-refractivity contribution < 1.29 is 14.9 Å². The molecule has 0 aromatic heterocycles. The molecule has 1 aliphatic rings. The van der Waals surface area contributed by atoms with Gasteiger partial charge in [-0.15, -0.1) is 0 Å². The molecule has 0 aliphatic heterocycles. The van der Waals surface area contributed by atoms with E-state index in [4.69, 9.17) is 14.9 Å². The van der Waals surface area contributed by atoms with Crippen molar-refractivity contribution in [2.75, 3.05) is 13.2 Å². The first kappa shape index (κ1) is 12.0. The minimum atomic E-state index is -0.711. The van der Waals surface area contributed by atoms with E-state index in [2.05, 4.69) is 6.92 Å². The fourth-order valence-electron chi connectivity index (χ4n) is 2.06. The Bertz CT molecular complexity index is 149. The van der Waals surface area contributed by atoms with E-state index in [-0.39, 0.29) is 13.2 Å². The van der Waals surface area contributed by atoms with Gasteiger partial charge in [-0.1, -0.05) is 26.2 Å². The molecule has 84 valence electrons. The largest absolute Gasteiger partial charge is 0.394 e. The highest BCUT2D eigenvalue weighted by Gasteiger charge is 2.21.